The van der Waals surface area contributed by atoms with Crippen molar-refractivity contribution in [3.63, 3.8) is 0 Å². The Balaban J connectivity index is 2.56. The highest BCUT2D eigenvalue weighted by molar-refractivity contribution is 5.69. The van der Waals surface area contributed by atoms with E-state index in [4.69, 9.17) is 9.84 Å². The topological polar surface area (TPSA) is 78.9 Å². The number of carbonyl (C=O) groups is 2. The molecule has 0 aromatic rings. The standard InChI is InChI=1S/C12H22N2O4/c1-8-9(6-5-7-14(8)11(16)17)13-10(15)18-12(2,3)4/h8-9H,5-7H2,1-4H3,(H,13,15)(H,16,17). The Morgan fingerprint density at radius 1 is 1.39 bits per heavy atom. The van der Waals surface area contributed by atoms with Gasteiger partial charge in [-0.3, -0.25) is 0 Å². The molecule has 0 aliphatic carbocycles. The second-order valence-electron chi connectivity index (χ2n) is 5.61. The van der Waals surface area contributed by atoms with Crippen LogP contribution in [0.4, 0.5) is 9.59 Å². The molecular formula is C12H22N2O4. The molecule has 2 atom stereocenters. The molecule has 1 aliphatic heterocycles. The number of carbonyl (C=O) groups excluding carboxylic acids is 1. The lowest BCUT2D eigenvalue weighted by molar-refractivity contribution is 0.0420. The fraction of sp³-hybridized carbons (Fsp3) is 0.833. The lowest BCUT2D eigenvalue weighted by Crippen LogP contribution is -2.55. The average molecular weight is 258 g/mol. The van der Waals surface area contributed by atoms with E-state index in [1.165, 1.54) is 4.90 Å². The molecule has 0 bridgehead atoms. The first kappa shape index (κ1) is 14.6. The maximum Gasteiger partial charge on any atom is 0.407 e. The summed E-state index contributed by atoms with van der Waals surface area (Å²) < 4.78 is 5.17. The van der Waals surface area contributed by atoms with Gasteiger partial charge in [0.25, 0.3) is 0 Å². The number of amides is 2. The number of carboxylic acid groups (broad SMARTS) is 1. The summed E-state index contributed by atoms with van der Waals surface area (Å²) in [7, 11) is 0. The molecule has 1 aliphatic rings. The zero-order valence-electron chi connectivity index (χ0n) is 11.4. The van der Waals surface area contributed by atoms with Crippen molar-refractivity contribution in [3.8, 4) is 0 Å². The van der Waals surface area contributed by atoms with Crippen molar-refractivity contribution in [2.45, 2.75) is 58.2 Å². The zero-order chi connectivity index (χ0) is 13.9. The lowest BCUT2D eigenvalue weighted by atomic mass is 9.98. The van der Waals surface area contributed by atoms with Gasteiger partial charge in [0.2, 0.25) is 0 Å². The smallest absolute Gasteiger partial charge is 0.407 e. The van der Waals surface area contributed by atoms with Crippen molar-refractivity contribution in [2.24, 2.45) is 0 Å². The van der Waals surface area contributed by atoms with Gasteiger partial charge in [-0.05, 0) is 40.5 Å². The molecule has 104 valence electrons. The number of hydrogen-bond donors (Lipinski definition) is 2. The van der Waals surface area contributed by atoms with Crippen LogP contribution in [0.1, 0.15) is 40.5 Å². The van der Waals surface area contributed by atoms with Gasteiger partial charge in [0.1, 0.15) is 5.60 Å². The Morgan fingerprint density at radius 3 is 2.50 bits per heavy atom. The maximum atomic E-state index is 11.6. The number of likely N-dealkylation sites (tertiary alicyclic amines) is 1. The Kier molecular flexibility index (Phi) is 4.43. The molecule has 1 saturated heterocycles. The fourth-order valence-electron chi connectivity index (χ4n) is 2.07. The summed E-state index contributed by atoms with van der Waals surface area (Å²) in [6.45, 7) is 7.69. The summed E-state index contributed by atoms with van der Waals surface area (Å²) in [5, 5.41) is 11.8. The van der Waals surface area contributed by atoms with E-state index in [1.54, 1.807) is 27.7 Å². The van der Waals surface area contributed by atoms with Gasteiger partial charge < -0.3 is 20.1 Å². The van der Waals surface area contributed by atoms with Crippen LogP contribution in [0.2, 0.25) is 0 Å². The van der Waals surface area contributed by atoms with Crippen molar-refractivity contribution in [3.05, 3.63) is 0 Å². The van der Waals surface area contributed by atoms with Crippen LogP contribution in [0.5, 0.6) is 0 Å². The van der Waals surface area contributed by atoms with Crippen LogP contribution in [0.3, 0.4) is 0 Å². The molecule has 2 N–H and O–H groups in total. The molecule has 0 saturated carbocycles. The minimum Gasteiger partial charge on any atom is -0.465 e. The van der Waals surface area contributed by atoms with E-state index >= 15 is 0 Å². The van der Waals surface area contributed by atoms with Gasteiger partial charge in [0, 0.05) is 6.54 Å². The molecule has 0 radical (unpaired) electrons. The minimum absolute atomic E-state index is 0.190. The summed E-state index contributed by atoms with van der Waals surface area (Å²) in [4.78, 5) is 24.0. The molecule has 0 aromatic carbocycles. The van der Waals surface area contributed by atoms with Crippen molar-refractivity contribution in [1.82, 2.24) is 10.2 Å². The van der Waals surface area contributed by atoms with Crippen LogP contribution in [0, 0.1) is 0 Å². The van der Waals surface area contributed by atoms with Crippen molar-refractivity contribution < 1.29 is 19.4 Å². The van der Waals surface area contributed by atoms with E-state index in [2.05, 4.69) is 5.32 Å². The van der Waals surface area contributed by atoms with Crippen LogP contribution in [-0.2, 0) is 4.74 Å². The monoisotopic (exact) mass is 258 g/mol. The fourth-order valence-corrected chi connectivity index (χ4v) is 2.07. The summed E-state index contributed by atoms with van der Waals surface area (Å²) in [5.74, 6) is 0. The van der Waals surface area contributed by atoms with Gasteiger partial charge in [0.05, 0.1) is 12.1 Å². The van der Waals surface area contributed by atoms with Crippen LogP contribution >= 0.6 is 0 Å². The Labute approximate surface area is 107 Å². The second kappa shape index (κ2) is 5.46. The van der Waals surface area contributed by atoms with Gasteiger partial charge >= 0.3 is 12.2 Å². The predicted molar refractivity (Wildman–Crippen MR) is 66.6 cm³/mol. The first-order valence-electron chi connectivity index (χ1n) is 6.20. The van der Waals surface area contributed by atoms with Crippen LogP contribution < -0.4 is 5.32 Å². The molecular weight excluding hydrogens is 236 g/mol. The van der Waals surface area contributed by atoms with E-state index in [9.17, 15) is 9.59 Å². The predicted octanol–water partition coefficient (Wildman–Crippen LogP) is 2.04. The molecule has 1 rings (SSSR count). The molecule has 1 fully saturated rings. The zero-order valence-corrected chi connectivity index (χ0v) is 11.4. The quantitative estimate of drug-likeness (QED) is 0.754. The summed E-state index contributed by atoms with van der Waals surface area (Å²) in [6.07, 6.45) is 0.0752. The molecule has 2 unspecified atom stereocenters. The van der Waals surface area contributed by atoms with E-state index in [-0.39, 0.29) is 12.1 Å². The number of rotatable bonds is 1. The van der Waals surface area contributed by atoms with Gasteiger partial charge in [-0.1, -0.05) is 0 Å². The SMILES string of the molecule is CC1C(NC(=O)OC(C)(C)C)CCCN1C(=O)O. The second-order valence-corrected chi connectivity index (χ2v) is 5.61. The third kappa shape index (κ3) is 4.09. The minimum atomic E-state index is -0.946. The highest BCUT2D eigenvalue weighted by Gasteiger charge is 2.32. The van der Waals surface area contributed by atoms with Crippen LogP contribution in [-0.4, -0.2) is 46.4 Å². The van der Waals surface area contributed by atoms with E-state index in [1.807, 2.05) is 0 Å². The van der Waals surface area contributed by atoms with Crippen molar-refractivity contribution >= 4 is 12.2 Å². The van der Waals surface area contributed by atoms with Gasteiger partial charge in [0.15, 0.2) is 0 Å². The first-order chi connectivity index (χ1) is 8.20. The Morgan fingerprint density at radius 2 is 2.00 bits per heavy atom. The highest BCUT2D eigenvalue weighted by atomic mass is 16.6. The maximum absolute atomic E-state index is 11.6. The molecule has 0 aromatic heterocycles. The number of nitrogens with one attached hydrogen (secondary N) is 1. The summed E-state index contributed by atoms with van der Waals surface area (Å²) >= 11 is 0. The number of piperidine rings is 1. The van der Waals surface area contributed by atoms with Crippen molar-refractivity contribution in [1.29, 1.82) is 0 Å². The Hall–Kier alpha value is -1.46. The highest BCUT2D eigenvalue weighted by Crippen LogP contribution is 2.18. The van der Waals surface area contributed by atoms with Crippen LogP contribution in [0.15, 0.2) is 0 Å². The number of nitrogens with zero attached hydrogens (tertiary/aromatic N) is 1. The Bertz CT molecular complexity index is 325. The van der Waals surface area contributed by atoms with Gasteiger partial charge in [-0.15, -0.1) is 0 Å². The van der Waals surface area contributed by atoms with E-state index < -0.39 is 17.8 Å². The molecule has 1 heterocycles. The number of ether oxygens (including phenoxy) is 1. The van der Waals surface area contributed by atoms with Gasteiger partial charge in [-0.2, -0.15) is 0 Å². The molecule has 18 heavy (non-hydrogen) atoms. The molecule has 0 spiro atoms. The van der Waals surface area contributed by atoms with E-state index in [0.29, 0.717) is 6.54 Å². The average Bonchev–Trinajstić information content (AvgIpc) is 2.17. The number of hydrogen-bond acceptors (Lipinski definition) is 3. The lowest BCUT2D eigenvalue weighted by Gasteiger charge is -2.38. The largest absolute Gasteiger partial charge is 0.465 e. The normalized spacial score (nSPS) is 24.6. The third-order valence-electron chi connectivity index (χ3n) is 2.94. The first-order valence-corrected chi connectivity index (χ1v) is 6.20. The summed E-state index contributed by atoms with van der Waals surface area (Å²) in [6, 6.07) is -0.423. The van der Waals surface area contributed by atoms with Crippen molar-refractivity contribution in [2.75, 3.05) is 6.54 Å². The third-order valence-corrected chi connectivity index (χ3v) is 2.94. The molecule has 6 nitrogen and oxygen atoms in total. The molecule has 2 amide bonds. The van der Waals surface area contributed by atoms with Gasteiger partial charge in [-0.25, -0.2) is 9.59 Å². The molecule has 6 heteroatoms. The van der Waals surface area contributed by atoms with Crippen LogP contribution in [0.25, 0.3) is 0 Å². The van der Waals surface area contributed by atoms with E-state index in [0.717, 1.165) is 12.8 Å². The summed E-state index contributed by atoms with van der Waals surface area (Å²) in [5.41, 5.74) is -0.547. The number of alkyl carbamates (subject to hydrolysis) is 1.